The second-order valence-corrected chi connectivity index (χ2v) is 4.69. The van der Waals surface area contributed by atoms with E-state index in [1.54, 1.807) is 11.8 Å². The number of nitrogens with one attached hydrogen (secondary N) is 1. The highest BCUT2D eigenvalue weighted by atomic mass is 16.5. The third-order valence-corrected chi connectivity index (χ3v) is 2.71. The van der Waals surface area contributed by atoms with E-state index in [-0.39, 0.29) is 5.91 Å². The van der Waals surface area contributed by atoms with Crippen LogP contribution in [0.2, 0.25) is 0 Å². The van der Waals surface area contributed by atoms with Crippen molar-refractivity contribution >= 4 is 5.91 Å². The fraction of sp³-hybridized carbons (Fsp3) is 0.833. The maximum absolute atomic E-state index is 11.7. The molecule has 0 aliphatic carbocycles. The Morgan fingerprint density at radius 1 is 1.50 bits per heavy atom. The van der Waals surface area contributed by atoms with Crippen LogP contribution in [0.25, 0.3) is 0 Å². The molecular weight excluding hydrogens is 260 g/mol. The third-order valence-electron chi connectivity index (χ3n) is 2.71. The highest BCUT2D eigenvalue weighted by molar-refractivity contribution is 5.77. The molecule has 1 N–H and O–H groups in total. The van der Waals surface area contributed by atoms with Crippen LogP contribution in [0.5, 0.6) is 0 Å². The van der Waals surface area contributed by atoms with Gasteiger partial charge in [-0.05, 0) is 30.3 Å². The standard InChI is InChI=1S/C12H24N6O2/c1-4-7-18-11(14-15-16-18)9-17(2)10-12(19)13-6-5-8-20-3/h4-10H2,1-3H3,(H,13,19). The number of nitrogens with zero attached hydrogens (tertiary/aromatic N) is 5. The molecule has 0 aromatic carbocycles. The van der Waals surface area contributed by atoms with E-state index < -0.39 is 0 Å². The molecule has 0 radical (unpaired) electrons. The summed E-state index contributed by atoms with van der Waals surface area (Å²) in [5, 5.41) is 14.4. The average Bonchev–Trinajstić information content (AvgIpc) is 2.82. The number of ether oxygens (including phenoxy) is 1. The predicted molar refractivity (Wildman–Crippen MR) is 73.9 cm³/mol. The molecule has 0 aliphatic heterocycles. The molecule has 20 heavy (non-hydrogen) atoms. The first-order valence-corrected chi connectivity index (χ1v) is 6.86. The number of hydrogen-bond acceptors (Lipinski definition) is 6. The van der Waals surface area contributed by atoms with Gasteiger partial charge in [0, 0.05) is 26.8 Å². The Kier molecular flexibility index (Phi) is 7.74. The number of tetrazole rings is 1. The Balaban J connectivity index is 2.29. The summed E-state index contributed by atoms with van der Waals surface area (Å²) >= 11 is 0. The summed E-state index contributed by atoms with van der Waals surface area (Å²) in [6.45, 7) is 5.03. The van der Waals surface area contributed by atoms with Gasteiger partial charge in [-0.15, -0.1) is 5.10 Å². The van der Waals surface area contributed by atoms with Gasteiger partial charge in [0.2, 0.25) is 5.91 Å². The topological polar surface area (TPSA) is 85.2 Å². The molecule has 0 bridgehead atoms. The van der Waals surface area contributed by atoms with E-state index in [1.807, 2.05) is 11.9 Å². The van der Waals surface area contributed by atoms with Crippen LogP contribution < -0.4 is 5.32 Å². The minimum absolute atomic E-state index is 0.00174. The normalized spacial score (nSPS) is 11.0. The Morgan fingerprint density at radius 2 is 2.30 bits per heavy atom. The van der Waals surface area contributed by atoms with Crippen molar-refractivity contribution in [3.63, 3.8) is 0 Å². The Labute approximate surface area is 119 Å². The van der Waals surface area contributed by atoms with E-state index in [9.17, 15) is 4.79 Å². The zero-order valence-electron chi connectivity index (χ0n) is 12.5. The number of likely N-dealkylation sites (N-methyl/N-ethyl adjacent to an activating group) is 1. The molecule has 0 fully saturated rings. The molecule has 0 saturated carbocycles. The summed E-state index contributed by atoms with van der Waals surface area (Å²) < 4.78 is 6.70. The Bertz CT molecular complexity index is 395. The zero-order valence-corrected chi connectivity index (χ0v) is 12.5. The highest BCUT2D eigenvalue weighted by Crippen LogP contribution is 1.98. The van der Waals surface area contributed by atoms with Crippen molar-refractivity contribution in [2.45, 2.75) is 32.9 Å². The molecule has 1 aromatic heterocycles. The first kappa shape index (κ1) is 16.5. The summed E-state index contributed by atoms with van der Waals surface area (Å²) in [6.07, 6.45) is 1.79. The molecule has 1 rings (SSSR count). The molecule has 0 atom stereocenters. The maximum Gasteiger partial charge on any atom is 0.234 e. The van der Waals surface area contributed by atoms with Gasteiger partial charge >= 0.3 is 0 Å². The van der Waals surface area contributed by atoms with Crippen LogP contribution in [0, 0.1) is 0 Å². The number of hydrogen-bond donors (Lipinski definition) is 1. The van der Waals surface area contributed by atoms with Gasteiger partial charge in [-0.1, -0.05) is 6.92 Å². The van der Waals surface area contributed by atoms with Crippen molar-refractivity contribution in [1.29, 1.82) is 0 Å². The minimum atomic E-state index is -0.00174. The lowest BCUT2D eigenvalue weighted by Crippen LogP contribution is -2.36. The molecule has 0 saturated heterocycles. The molecule has 1 aromatic rings. The van der Waals surface area contributed by atoms with Gasteiger partial charge in [0.1, 0.15) is 0 Å². The molecule has 1 amide bonds. The number of carbonyl (C=O) groups excluding carboxylic acids is 1. The van der Waals surface area contributed by atoms with Gasteiger partial charge in [0.15, 0.2) is 5.82 Å². The summed E-state index contributed by atoms with van der Waals surface area (Å²) in [7, 11) is 3.52. The SMILES string of the molecule is CCCn1nnnc1CN(C)CC(=O)NCCCOC. The zero-order chi connectivity index (χ0) is 14.8. The first-order chi connectivity index (χ1) is 9.67. The quantitative estimate of drug-likeness (QED) is 0.592. The van der Waals surface area contributed by atoms with E-state index in [1.165, 1.54) is 0 Å². The van der Waals surface area contributed by atoms with Crippen LogP contribution >= 0.6 is 0 Å². The maximum atomic E-state index is 11.7. The lowest BCUT2D eigenvalue weighted by atomic mass is 10.4. The largest absolute Gasteiger partial charge is 0.385 e. The van der Waals surface area contributed by atoms with Crippen LogP contribution in [0.4, 0.5) is 0 Å². The molecule has 8 nitrogen and oxygen atoms in total. The second kappa shape index (κ2) is 9.38. The lowest BCUT2D eigenvalue weighted by molar-refractivity contribution is -0.122. The van der Waals surface area contributed by atoms with Gasteiger partial charge < -0.3 is 10.1 Å². The molecule has 114 valence electrons. The Morgan fingerprint density at radius 3 is 3.00 bits per heavy atom. The van der Waals surface area contributed by atoms with Crippen LogP contribution in [0.15, 0.2) is 0 Å². The van der Waals surface area contributed by atoms with Crippen molar-refractivity contribution in [1.82, 2.24) is 30.4 Å². The molecule has 0 spiro atoms. The van der Waals surface area contributed by atoms with E-state index in [2.05, 4.69) is 27.8 Å². The third kappa shape index (κ3) is 6.07. The van der Waals surface area contributed by atoms with E-state index >= 15 is 0 Å². The van der Waals surface area contributed by atoms with E-state index in [0.29, 0.717) is 26.2 Å². The number of methoxy groups -OCH3 is 1. The summed E-state index contributed by atoms with van der Waals surface area (Å²) in [6, 6.07) is 0. The average molecular weight is 284 g/mol. The van der Waals surface area contributed by atoms with Crippen molar-refractivity contribution in [3.05, 3.63) is 5.82 Å². The molecular formula is C12H24N6O2. The van der Waals surface area contributed by atoms with Crippen molar-refractivity contribution in [2.24, 2.45) is 0 Å². The van der Waals surface area contributed by atoms with E-state index in [4.69, 9.17) is 4.74 Å². The van der Waals surface area contributed by atoms with Gasteiger partial charge in [0.05, 0.1) is 13.1 Å². The Hall–Kier alpha value is -1.54. The van der Waals surface area contributed by atoms with Gasteiger partial charge in [-0.3, -0.25) is 9.69 Å². The smallest absolute Gasteiger partial charge is 0.234 e. The second-order valence-electron chi connectivity index (χ2n) is 4.69. The summed E-state index contributed by atoms with van der Waals surface area (Å²) in [5.41, 5.74) is 0. The fourth-order valence-corrected chi connectivity index (χ4v) is 1.76. The monoisotopic (exact) mass is 284 g/mol. The van der Waals surface area contributed by atoms with Crippen molar-refractivity contribution in [2.75, 3.05) is 33.9 Å². The molecule has 0 unspecified atom stereocenters. The van der Waals surface area contributed by atoms with Crippen LogP contribution in [-0.4, -0.2) is 64.9 Å². The summed E-state index contributed by atoms with van der Waals surface area (Å²) in [5.74, 6) is 0.777. The van der Waals surface area contributed by atoms with Crippen LogP contribution in [0.3, 0.4) is 0 Å². The number of carbonyl (C=O) groups is 1. The molecule has 8 heteroatoms. The van der Waals surface area contributed by atoms with Crippen LogP contribution in [0.1, 0.15) is 25.6 Å². The minimum Gasteiger partial charge on any atom is -0.385 e. The van der Waals surface area contributed by atoms with Crippen molar-refractivity contribution < 1.29 is 9.53 Å². The van der Waals surface area contributed by atoms with Gasteiger partial charge in [0.25, 0.3) is 0 Å². The van der Waals surface area contributed by atoms with Crippen LogP contribution in [-0.2, 0) is 22.6 Å². The summed E-state index contributed by atoms with van der Waals surface area (Å²) in [4.78, 5) is 13.6. The first-order valence-electron chi connectivity index (χ1n) is 6.86. The lowest BCUT2D eigenvalue weighted by Gasteiger charge is -2.15. The number of rotatable bonds is 10. The van der Waals surface area contributed by atoms with Gasteiger partial charge in [-0.2, -0.15) is 0 Å². The molecule has 0 aliphatic rings. The molecule has 1 heterocycles. The number of amides is 1. The van der Waals surface area contributed by atoms with Crippen molar-refractivity contribution in [3.8, 4) is 0 Å². The van der Waals surface area contributed by atoms with E-state index in [0.717, 1.165) is 25.2 Å². The highest BCUT2D eigenvalue weighted by Gasteiger charge is 2.11. The fourth-order valence-electron chi connectivity index (χ4n) is 1.76. The number of aryl methyl sites for hydroxylation is 1. The number of aromatic nitrogens is 4. The predicted octanol–water partition coefficient (Wildman–Crippen LogP) is -0.332. The van der Waals surface area contributed by atoms with Gasteiger partial charge in [-0.25, -0.2) is 4.68 Å².